The number of aromatic nitrogens is 2. The first-order valence-electron chi connectivity index (χ1n) is 7.51. The first kappa shape index (κ1) is 20.6. The lowest BCUT2D eigenvalue weighted by molar-refractivity contribution is 0.145. The van der Waals surface area contributed by atoms with Crippen LogP contribution < -0.4 is 0 Å². The van der Waals surface area contributed by atoms with Gasteiger partial charge < -0.3 is 0 Å². The first-order valence-corrected chi connectivity index (χ1v) is 10.2. The molecule has 0 aliphatic heterocycles. The maximum Gasteiger partial charge on any atom is 0.282 e. The summed E-state index contributed by atoms with van der Waals surface area (Å²) in [6.07, 6.45) is -2.31. The van der Waals surface area contributed by atoms with Crippen molar-refractivity contribution in [3.8, 4) is 16.9 Å². The molecule has 0 aliphatic carbocycles. The van der Waals surface area contributed by atoms with Crippen molar-refractivity contribution in [1.82, 2.24) is 9.78 Å². The van der Waals surface area contributed by atoms with Crippen molar-refractivity contribution >= 4 is 33.0 Å². The molecule has 3 aromatic rings. The SMILES string of the molecule is CS(=O)(=O)c1c(F)cc(-n2nc(C(F)F)cc2-c2cc(Cl)cc(Cl)c2)cc1F. The molecule has 0 fully saturated rings. The van der Waals surface area contributed by atoms with E-state index in [4.69, 9.17) is 23.2 Å². The molecular formula is C17H10Cl2F4N2O2S. The molecule has 1 aromatic heterocycles. The summed E-state index contributed by atoms with van der Waals surface area (Å²) < 4.78 is 78.8. The molecule has 0 atom stereocenters. The Morgan fingerprint density at radius 3 is 1.96 bits per heavy atom. The minimum Gasteiger partial charge on any atom is -0.232 e. The number of rotatable bonds is 4. The second kappa shape index (κ2) is 7.38. The monoisotopic (exact) mass is 452 g/mol. The van der Waals surface area contributed by atoms with Crippen LogP contribution in [0.5, 0.6) is 0 Å². The summed E-state index contributed by atoms with van der Waals surface area (Å²) in [5, 5.41) is 4.10. The van der Waals surface area contributed by atoms with Crippen molar-refractivity contribution in [1.29, 1.82) is 0 Å². The van der Waals surface area contributed by atoms with Gasteiger partial charge in [-0.15, -0.1) is 0 Å². The summed E-state index contributed by atoms with van der Waals surface area (Å²) >= 11 is 11.9. The van der Waals surface area contributed by atoms with Crippen LogP contribution in [0, 0.1) is 11.6 Å². The summed E-state index contributed by atoms with van der Waals surface area (Å²) in [5.74, 6) is -2.75. The van der Waals surface area contributed by atoms with Gasteiger partial charge in [-0.3, -0.25) is 0 Å². The lowest BCUT2D eigenvalue weighted by Gasteiger charge is -2.11. The highest BCUT2D eigenvalue weighted by Crippen LogP contribution is 2.33. The first-order chi connectivity index (χ1) is 13.0. The third-order valence-electron chi connectivity index (χ3n) is 3.71. The number of hydrogen-bond acceptors (Lipinski definition) is 3. The number of benzene rings is 2. The van der Waals surface area contributed by atoms with E-state index in [9.17, 15) is 26.0 Å². The van der Waals surface area contributed by atoms with Gasteiger partial charge in [0.05, 0.1) is 11.4 Å². The van der Waals surface area contributed by atoms with E-state index < -0.39 is 38.5 Å². The van der Waals surface area contributed by atoms with E-state index in [0.29, 0.717) is 18.4 Å². The Balaban J connectivity index is 2.28. The molecule has 0 N–H and O–H groups in total. The lowest BCUT2D eigenvalue weighted by atomic mass is 10.1. The van der Waals surface area contributed by atoms with Crippen molar-refractivity contribution in [2.75, 3.05) is 6.26 Å². The summed E-state index contributed by atoms with van der Waals surface area (Å²) in [4.78, 5) is -1.12. The summed E-state index contributed by atoms with van der Waals surface area (Å²) in [7, 11) is -4.18. The molecule has 11 heteroatoms. The van der Waals surface area contributed by atoms with Crippen LogP contribution >= 0.6 is 23.2 Å². The van der Waals surface area contributed by atoms with Gasteiger partial charge in [-0.25, -0.2) is 30.7 Å². The van der Waals surface area contributed by atoms with Crippen LogP contribution in [0.15, 0.2) is 41.3 Å². The van der Waals surface area contributed by atoms with Crippen LogP contribution in [0.25, 0.3) is 16.9 Å². The number of nitrogens with zero attached hydrogens (tertiary/aromatic N) is 2. The van der Waals surface area contributed by atoms with Gasteiger partial charge in [0.2, 0.25) is 0 Å². The molecule has 0 radical (unpaired) electrons. The number of sulfone groups is 1. The van der Waals surface area contributed by atoms with E-state index in [0.717, 1.165) is 10.7 Å². The zero-order chi connectivity index (χ0) is 20.8. The highest BCUT2D eigenvalue weighted by molar-refractivity contribution is 7.90. The molecule has 0 spiro atoms. The van der Waals surface area contributed by atoms with E-state index in [1.165, 1.54) is 18.2 Å². The quantitative estimate of drug-likeness (QED) is 0.493. The Morgan fingerprint density at radius 2 is 1.50 bits per heavy atom. The van der Waals surface area contributed by atoms with Gasteiger partial charge in [0.25, 0.3) is 6.43 Å². The van der Waals surface area contributed by atoms with E-state index in [1.54, 1.807) is 0 Å². The normalized spacial score (nSPS) is 12.0. The van der Waals surface area contributed by atoms with E-state index in [1.807, 2.05) is 0 Å². The molecule has 0 saturated heterocycles. The third kappa shape index (κ3) is 4.01. The van der Waals surface area contributed by atoms with Crippen molar-refractivity contribution in [3.63, 3.8) is 0 Å². The molecule has 1 heterocycles. The second-order valence-corrected chi connectivity index (χ2v) is 8.66. The fraction of sp³-hybridized carbons (Fsp3) is 0.118. The third-order valence-corrected chi connectivity index (χ3v) is 5.28. The fourth-order valence-electron chi connectivity index (χ4n) is 2.63. The molecule has 2 aromatic carbocycles. The maximum absolute atomic E-state index is 14.3. The van der Waals surface area contributed by atoms with Crippen LogP contribution in [0.1, 0.15) is 12.1 Å². The molecule has 148 valence electrons. The maximum atomic E-state index is 14.3. The molecular weight excluding hydrogens is 443 g/mol. The molecule has 0 saturated carbocycles. The molecule has 0 aliphatic rings. The van der Waals surface area contributed by atoms with Crippen LogP contribution in [-0.2, 0) is 9.84 Å². The molecule has 3 rings (SSSR count). The Morgan fingerprint density at radius 1 is 0.964 bits per heavy atom. The average Bonchev–Trinajstić information content (AvgIpc) is 2.97. The summed E-state index contributed by atoms with van der Waals surface area (Å²) in [5.41, 5.74) is -0.644. The van der Waals surface area contributed by atoms with Gasteiger partial charge in [0.1, 0.15) is 22.2 Å². The van der Waals surface area contributed by atoms with Gasteiger partial charge in [0, 0.05) is 34.0 Å². The van der Waals surface area contributed by atoms with E-state index >= 15 is 0 Å². The predicted molar refractivity (Wildman–Crippen MR) is 97.0 cm³/mol. The zero-order valence-electron chi connectivity index (χ0n) is 13.9. The summed E-state index contributed by atoms with van der Waals surface area (Å²) in [6, 6.07) is 6.64. The molecule has 0 amide bonds. The smallest absolute Gasteiger partial charge is 0.232 e. The van der Waals surface area contributed by atoms with Gasteiger partial charge in [-0.1, -0.05) is 23.2 Å². The van der Waals surface area contributed by atoms with Crippen LogP contribution in [-0.4, -0.2) is 24.5 Å². The van der Waals surface area contributed by atoms with Gasteiger partial charge in [-0.2, -0.15) is 5.10 Å². The molecule has 28 heavy (non-hydrogen) atoms. The zero-order valence-corrected chi connectivity index (χ0v) is 16.3. The van der Waals surface area contributed by atoms with Gasteiger partial charge in [0.15, 0.2) is 9.84 Å². The van der Waals surface area contributed by atoms with Crippen LogP contribution in [0.3, 0.4) is 0 Å². The second-order valence-electron chi connectivity index (χ2n) is 5.84. The van der Waals surface area contributed by atoms with Crippen molar-refractivity contribution in [3.05, 3.63) is 63.8 Å². The minimum atomic E-state index is -4.18. The number of hydrogen-bond donors (Lipinski definition) is 0. The Bertz CT molecular complexity index is 1140. The number of alkyl halides is 2. The highest BCUT2D eigenvalue weighted by Gasteiger charge is 2.24. The van der Waals surface area contributed by atoms with Crippen molar-refractivity contribution < 1.29 is 26.0 Å². The minimum absolute atomic E-state index is 0.0330. The average molecular weight is 453 g/mol. The topological polar surface area (TPSA) is 52.0 Å². The molecule has 0 bridgehead atoms. The van der Waals surface area contributed by atoms with Crippen molar-refractivity contribution in [2.24, 2.45) is 0 Å². The number of halogens is 6. The molecule has 4 nitrogen and oxygen atoms in total. The molecule has 0 unspecified atom stereocenters. The highest BCUT2D eigenvalue weighted by atomic mass is 35.5. The Labute approximate surface area is 167 Å². The van der Waals surface area contributed by atoms with Crippen molar-refractivity contribution in [2.45, 2.75) is 11.3 Å². The van der Waals surface area contributed by atoms with Gasteiger partial charge in [-0.05, 0) is 24.3 Å². The van der Waals surface area contributed by atoms with Gasteiger partial charge >= 0.3 is 0 Å². The fourth-order valence-corrected chi connectivity index (χ4v) is 3.99. The largest absolute Gasteiger partial charge is 0.282 e. The Kier molecular flexibility index (Phi) is 5.44. The standard InChI is InChI=1S/C17H10Cl2F4N2O2S/c1-28(26,27)16-12(20)5-11(6-13(16)21)25-15(7-14(24-25)17(22)23)8-2-9(18)4-10(19)3-8/h2-7,17H,1H3. The van der Waals surface area contributed by atoms with E-state index in [2.05, 4.69) is 5.10 Å². The van der Waals surface area contributed by atoms with Crippen LogP contribution in [0.4, 0.5) is 17.6 Å². The lowest BCUT2D eigenvalue weighted by Crippen LogP contribution is -2.08. The summed E-state index contributed by atoms with van der Waals surface area (Å²) in [6.45, 7) is 0. The van der Waals surface area contributed by atoms with Crippen LogP contribution in [0.2, 0.25) is 10.0 Å². The van der Waals surface area contributed by atoms with E-state index in [-0.39, 0.29) is 27.0 Å². The predicted octanol–water partition coefficient (Wildman–Crippen LogP) is 5.47. The Hall–Kier alpha value is -2.10.